The Labute approximate surface area is 482 Å². The highest BCUT2D eigenvalue weighted by Crippen LogP contribution is 2.40. The molecule has 80 heavy (non-hydrogen) atoms. The molecule has 6 rings (SSSR count). The van der Waals surface area contributed by atoms with E-state index in [-0.39, 0.29) is 85.4 Å². The van der Waals surface area contributed by atoms with E-state index in [1.54, 1.807) is 41.5 Å². The number of epoxide rings is 2. The number of ketones is 2. The summed E-state index contributed by atoms with van der Waals surface area (Å²) in [6, 6.07) is 0. The average Bonchev–Trinajstić information content (AvgIpc) is 4.23. The molecule has 4 aliphatic heterocycles. The van der Waals surface area contributed by atoms with Gasteiger partial charge in [-0.15, -0.1) is 22.7 Å². The fourth-order valence-corrected chi connectivity index (χ4v) is 12.8. The Bertz CT molecular complexity index is 2330. The number of Topliss-reactive ketones (excluding diaryl/α,β-unsaturated/α-hetero) is 2. The van der Waals surface area contributed by atoms with Crippen LogP contribution in [0.4, 0.5) is 0 Å². The normalized spacial score (nSPS) is 32.4. The molecular formula is C62H92N2O14S2. The lowest BCUT2D eigenvalue weighted by atomic mass is 9.73. The van der Waals surface area contributed by atoms with Gasteiger partial charge in [0, 0.05) is 36.4 Å². The van der Waals surface area contributed by atoms with Gasteiger partial charge in [-0.2, -0.15) is 0 Å². The molecule has 6 heterocycles. The molecule has 4 saturated heterocycles. The first-order chi connectivity index (χ1) is 37.7. The van der Waals surface area contributed by atoms with Crippen molar-refractivity contribution < 1.29 is 67.4 Å². The lowest BCUT2D eigenvalue weighted by Gasteiger charge is -2.36. The Morgan fingerprint density at radius 3 is 1.31 bits per heavy atom. The smallest absolute Gasteiger partial charge is 0.309 e. The van der Waals surface area contributed by atoms with E-state index in [2.05, 4.69) is 9.97 Å². The Morgan fingerprint density at radius 2 is 0.963 bits per heavy atom. The quantitative estimate of drug-likeness (QED) is 0.0731. The maximum Gasteiger partial charge on any atom is 0.309 e. The molecule has 0 aliphatic carbocycles. The van der Waals surface area contributed by atoms with Crippen molar-refractivity contribution in [2.45, 2.75) is 260 Å². The number of esters is 4. The number of aliphatic hydroxyl groups excluding tert-OH is 2. The second-order valence-corrected chi connectivity index (χ2v) is 26.9. The summed E-state index contributed by atoms with van der Waals surface area (Å²) in [6.45, 7) is 21.6. The molecule has 2 aromatic heterocycles. The minimum Gasteiger partial charge on any atom is -0.461 e. The third-order valence-electron chi connectivity index (χ3n) is 17.3. The Hall–Kier alpha value is -4.20. The van der Waals surface area contributed by atoms with Gasteiger partial charge in [-0.3, -0.25) is 28.8 Å². The zero-order valence-corrected chi connectivity index (χ0v) is 51.3. The summed E-state index contributed by atoms with van der Waals surface area (Å²) in [5.74, 6) is -4.44. The number of aliphatic hydroxyl groups is 2. The van der Waals surface area contributed by atoms with Crippen LogP contribution in [-0.4, -0.2) is 117 Å². The molecule has 18 heteroatoms. The third-order valence-corrected chi connectivity index (χ3v) is 18.9. The monoisotopic (exact) mass is 1150 g/mol. The van der Waals surface area contributed by atoms with E-state index in [1.165, 1.54) is 22.7 Å². The number of cyclic esters (lactones) is 2. The van der Waals surface area contributed by atoms with Gasteiger partial charge in [0.1, 0.15) is 36.0 Å². The largest absolute Gasteiger partial charge is 0.461 e. The van der Waals surface area contributed by atoms with E-state index >= 15 is 0 Å². The highest BCUT2D eigenvalue weighted by molar-refractivity contribution is 7.09. The molecule has 2 N–H and O–H groups in total. The lowest BCUT2D eigenvalue weighted by molar-refractivity contribution is -0.163. The van der Waals surface area contributed by atoms with Crippen LogP contribution >= 0.6 is 22.7 Å². The molecule has 2 aromatic rings. The van der Waals surface area contributed by atoms with Gasteiger partial charge in [0.05, 0.1) is 93.5 Å². The number of fused-ring (bicyclic) bond motifs is 2. The van der Waals surface area contributed by atoms with Gasteiger partial charge in [-0.25, -0.2) is 9.97 Å². The average molecular weight is 1150 g/mol. The van der Waals surface area contributed by atoms with Gasteiger partial charge in [-0.05, 0) is 101 Å². The van der Waals surface area contributed by atoms with Crippen LogP contribution in [0.3, 0.4) is 0 Å². The van der Waals surface area contributed by atoms with Crippen molar-refractivity contribution in [1.29, 1.82) is 0 Å². The molecule has 2 unspecified atom stereocenters. The number of hydrogen-bond donors (Lipinski definition) is 2. The maximum atomic E-state index is 14.2. The minimum atomic E-state index is -1.34. The van der Waals surface area contributed by atoms with Crippen molar-refractivity contribution in [1.82, 2.24) is 9.97 Å². The topological polar surface area (TPSA) is 231 Å². The van der Waals surface area contributed by atoms with Crippen LogP contribution in [0.2, 0.25) is 0 Å². The summed E-state index contributed by atoms with van der Waals surface area (Å²) >= 11 is 3.07. The van der Waals surface area contributed by atoms with Crippen LogP contribution < -0.4 is 0 Å². The molecule has 4 aliphatic rings. The van der Waals surface area contributed by atoms with Crippen LogP contribution in [0.25, 0.3) is 12.2 Å². The van der Waals surface area contributed by atoms with E-state index in [9.17, 15) is 39.0 Å². The molecule has 14 atom stereocenters. The number of ether oxygens (including phenoxy) is 6. The zero-order chi connectivity index (χ0) is 58.6. The highest BCUT2D eigenvalue weighted by Gasteiger charge is 2.48. The summed E-state index contributed by atoms with van der Waals surface area (Å²) in [5, 5.41) is 28.6. The fourth-order valence-electron chi connectivity index (χ4n) is 11.6. The van der Waals surface area contributed by atoms with E-state index in [0.29, 0.717) is 38.5 Å². The molecule has 0 saturated carbocycles. The number of rotatable bonds is 15. The first-order valence-electron chi connectivity index (χ1n) is 29.5. The fraction of sp³-hybridized carbons (Fsp3) is 0.742. The predicted octanol–water partition coefficient (Wildman–Crippen LogP) is 11.4. The molecule has 0 radical (unpaired) electrons. The zero-order valence-electron chi connectivity index (χ0n) is 49.6. The minimum absolute atomic E-state index is 0.000570. The van der Waals surface area contributed by atoms with E-state index < -0.39 is 71.2 Å². The number of unbranched alkanes of at least 4 members (excludes halogenated alkanes) is 5. The van der Waals surface area contributed by atoms with Crippen molar-refractivity contribution in [3.05, 3.63) is 43.3 Å². The molecular weight excluding hydrogens is 1060 g/mol. The van der Waals surface area contributed by atoms with Crippen LogP contribution in [0.1, 0.15) is 206 Å². The summed E-state index contributed by atoms with van der Waals surface area (Å²) < 4.78 is 36.4. The van der Waals surface area contributed by atoms with E-state index in [0.717, 1.165) is 83.9 Å². The number of carbonyl (C=O) groups excluding carboxylic acids is 6. The number of thiazole rings is 2. The number of carbonyl (C=O) groups is 6. The van der Waals surface area contributed by atoms with Crippen molar-refractivity contribution in [2.75, 3.05) is 0 Å². The number of hydrogen-bond acceptors (Lipinski definition) is 18. The second-order valence-electron chi connectivity index (χ2n) is 24.7. The Balaban J connectivity index is 0.953. The van der Waals surface area contributed by atoms with Crippen LogP contribution in [0.15, 0.2) is 21.9 Å². The first-order valence-corrected chi connectivity index (χ1v) is 31.2. The van der Waals surface area contributed by atoms with Crippen LogP contribution in [-0.2, 0) is 57.2 Å². The van der Waals surface area contributed by atoms with E-state index in [1.807, 2.05) is 64.5 Å². The number of aromatic nitrogens is 2. The maximum absolute atomic E-state index is 14.2. The van der Waals surface area contributed by atoms with Crippen molar-refractivity contribution in [2.24, 2.45) is 34.5 Å². The standard InChI is InChI=1S/C62H92N2O14S2/c1-35-21-19-23-45-49(73-45)29-47(37(3)27-43-33-79-41(7)63-43)75-55(69)31-51(65)61(9,10)59(71)39(5)57(35)77-53(67)25-17-15-13-14-16-18-26-54(68)78-58-36(2)22-20-24-46-50(74-46)30-48(38(4)28-44-34-80-42(8)64-44)76-56(70)32-52(66)62(11,12)60(72)40(58)6/h27-28,33-36,39-40,45-52,57-58,65-66H,13-26,29-32H2,1-12H3/b37-27+,38-28+/t35-,36-,39+,40+,45?,46?,47-,48-,49-,50-,51-,52-,57+,58+/m0/s1. The Kier molecular flexibility index (Phi) is 23.8. The molecule has 4 fully saturated rings. The summed E-state index contributed by atoms with van der Waals surface area (Å²) in [5.41, 5.74) is 0.532. The van der Waals surface area contributed by atoms with Gasteiger partial charge in [0.25, 0.3) is 0 Å². The third kappa shape index (κ3) is 18.7. The van der Waals surface area contributed by atoms with Crippen LogP contribution in [0, 0.1) is 48.3 Å². The van der Waals surface area contributed by atoms with Crippen molar-refractivity contribution in [3.63, 3.8) is 0 Å². The molecule has 0 amide bonds. The highest BCUT2D eigenvalue weighted by atomic mass is 32.1. The predicted molar refractivity (Wildman–Crippen MR) is 307 cm³/mol. The van der Waals surface area contributed by atoms with E-state index in [4.69, 9.17) is 28.4 Å². The summed E-state index contributed by atoms with van der Waals surface area (Å²) in [6.07, 6.45) is 7.76. The SMILES string of the molecule is C/C(=C\c1csc(C)n1)[C@@H]1C[C@@H]2OC2CCC[C@H](C)[C@@H](OC(=O)CCCCCCCCC(=O)O[C@@H]2[C@@H](C)CCCC3O[C@H]3C[C@@H](/C(C)=C/c3csc(C)n3)OC(=O)C[C@H](O)C(C)(C)C(=O)[C@@H]2C)[C@@H](C)C(=O)C(C)(C)[C@@H](O)CC(=O)O1. The van der Waals surface area contributed by atoms with Crippen molar-refractivity contribution >= 4 is 70.3 Å². The lowest BCUT2D eigenvalue weighted by Crippen LogP contribution is -2.47. The summed E-state index contributed by atoms with van der Waals surface area (Å²) in [7, 11) is 0. The first kappa shape index (κ1) is 65.0. The van der Waals surface area contributed by atoms with Crippen molar-refractivity contribution in [3.8, 4) is 0 Å². The molecule has 446 valence electrons. The number of nitrogens with zero attached hydrogens (tertiary/aromatic N) is 2. The number of aryl methyl sites for hydroxylation is 2. The molecule has 0 spiro atoms. The van der Waals surface area contributed by atoms with Gasteiger partial charge in [0.2, 0.25) is 0 Å². The Morgan fingerprint density at radius 1 is 0.600 bits per heavy atom. The summed E-state index contributed by atoms with van der Waals surface area (Å²) in [4.78, 5) is 91.3. The molecule has 0 aromatic carbocycles. The second kappa shape index (κ2) is 29.4. The van der Waals surface area contributed by atoms with Gasteiger partial charge < -0.3 is 38.6 Å². The van der Waals surface area contributed by atoms with Gasteiger partial charge in [0.15, 0.2) is 0 Å². The van der Waals surface area contributed by atoms with Gasteiger partial charge >= 0.3 is 23.9 Å². The van der Waals surface area contributed by atoms with Crippen LogP contribution in [0.5, 0.6) is 0 Å². The molecule has 16 nitrogen and oxygen atoms in total. The van der Waals surface area contributed by atoms with Gasteiger partial charge in [-0.1, -0.05) is 93.9 Å². The molecule has 0 bridgehead atoms.